The first kappa shape index (κ1) is 47.3. The third kappa shape index (κ3) is 26.8. The predicted octanol–water partition coefficient (Wildman–Crippen LogP) is 9.22. The molecule has 0 aromatic rings. The number of hydrogen-bond acceptors (Lipinski definition) is 6. The minimum absolute atomic E-state index is 0.000119. The van der Waals surface area contributed by atoms with Gasteiger partial charge in [-0.25, -0.2) is 0 Å². The molecule has 2 amide bonds. The molecule has 8 heteroatoms. The lowest BCUT2D eigenvalue weighted by atomic mass is 9.96. The molecule has 0 aliphatic rings. The summed E-state index contributed by atoms with van der Waals surface area (Å²) < 4.78 is 5.69. The van der Waals surface area contributed by atoms with Crippen molar-refractivity contribution in [1.82, 2.24) is 15.1 Å². The average Bonchev–Trinajstić information content (AvgIpc) is 3.10. The first-order valence-electron chi connectivity index (χ1n) is 20.9. The highest BCUT2D eigenvalue weighted by molar-refractivity contribution is 5.87. The summed E-state index contributed by atoms with van der Waals surface area (Å²) in [5.74, 6) is 0.386. The van der Waals surface area contributed by atoms with Crippen molar-refractivity contribution in [3.63, 3.8) is 0 Å². The largest absolute Gasteiger partial charge is 0.465 e. The molecule has 0 fully saturated rings. The fraction of sp³-hybridized carbons (Fsp3) is 0.927. The molecule has 2 atom stereocenters. The van der Waals surface area contributed by atoms with Gasteiger partial charge >= 0.3 is 5.97 Å². The van der Waals surface area contributed by atoms with Crippen molar-refractivity contribution in [2.45, 2.75) is 195 Å². The maximum Gasteiger partial charge on any atom is 0.305 e. The molecule has 0 aliphatic heterocycles. The molecule has 0 bridgehead atoms. The van der Waals surface area contributed by atoms with Crippen LogP contribution in [-0.4, -0.2) is 84.7 Å². The third-order valence-corrected chi connectivity index (χ3v) is 9.94. The van der Waals surface area contributed by atoms with E-state index in [9.17, 15) is 19.5 Å². The van der Waals surface area contributed by atoms with Gasteiger partial charge < -0.3 is 25.0 Å². The van der Waals surface area contributed by atoms with Gasteiger partial charge in [0.2, 0.25) is 11.8 Å². The van der Waals surface area contributed by atoms with Gasteiger partial charge in [0.1, 0.15) is 6.04 Å². The van der Waals surface area contributed by atoms with Gasteiger partial charge in [-0.05, 0) is 57.5 Å². The number of esters is 1. The number of hydrogen-bond donors (Lipinski definition) is 2. The number of carbonyl (C=O) groups excluding carboxylic acids is 3. The molecule has 290 valence electrons. The monoisotopic (exact) mass is 696 g/mol. The molecule has 8 nitrogen and oxygen atoms in total. The molecule has 0 spiro atoms. The van der Waals surface area contributed by atoms with Gasteiger partial charge in [-0.15, -0.1) is 0 Å². The number of nitrogens with zero attached hydrogens (tertiary/aromatic N) is 2. The first-order valence-corrected chi connectivity index (χ1v) is 20.9. The summed E-state index contributed by atoms with van der Waals surface area (Å²) in [6.07, 6.45) is 24.5. The van der Waals surface area contributed by atoms with Crippen LogP contribution >= 0.6 is 0 Å². The molecule has 0 saturated carbocycles. The van der Waals surface area contributed by atoms with E-state index in [4.69, 9.17) is 4.74 Å². The maximum atomic E-state index is 13.5. The quantitative estimate of drug-likeness (QED) is 0.0501. The van der Waals surface area contributed by atoms with Crippen LogP contribution in [0.5, 0.6) is 0 Å². The van der Waals surface area contributed by atoms with E-state index in [0.717, 1.165) is 70.9 Å². The fourth-order valence-corrected chi connectivity index (χ4v) is 6.56. The number of carbonyl (C=O) groups is 3. The van der Waals surface area contributed by atoms with Crippen LogP contribution in [0, 0.1) is 5.92 Å². The molecule has 0 aromatic heterocycles. The molecule has 0 rings (SSSR count). The molecular formula is C41H81N3O5. The van der Waals surface area contributed by atoms with E-state index >= 15 is 0 Å². The van der Waals surface area contributed by atoms with E-state index in [2.05, 4.69) is 44.8 Å². The smallest absolute Gasteiger partial charge is 0.305 e. The Bertz CT molecular complexity index is 776. The zero-order valence-electron chi connectivity index (χ0n) is 33.0. The number of aliphatic hydroxyl groups is 1. The SMILES string of the molecule is CCCCCCCCNC(=O)C(CCCCCCCCC(=O)OCC(CCCC)CCCCCC)N(CCCO)C(=O)CCN(CC)CC. The lowest BCUT2D eigenvalue weighted by molar-refractivity contribution is -0.145. The summed E-state index contributed by atoms with van der Waals surface area (Å²) in [5.41, 5.74) is 0. The molecule has 0 saturated heterocycles. The van der Waals surface area contributed by atoms with E-state index in [1.165, 1.54) is 70.6 Å². The first-order chi connectivity index (χ1) is 23.9. The second-order valence-electron chi connectivity index (χ2n) is 14.2. The van der Waals surface area contributed by atoms with E-state index < -0.39 is 6.04 Å². The Morgan fingerprint density at radius 3 is 1.80 bits per heavy atom. The summed E-state index contributed by atoms with van der Waals surface area (Å²) in [7, 11) is 0. The standard InChI is InChI=1S/C41H81N3O5/c1-6-11-14-16-21-25-32-42-41(48)38(44(33-26-35-45)39(46)31-34-43(9-4)10-5)29-23-19-17-18-20-24-30-40(47)49-36-37(27-13-8-3)28-22-15-12-7-2/h37-38,45H,6-36H2,1-5H3,(H,42,48). The van der Waals surface area contributed by atoms with Gasteiger partial charge in [0.25, 0.3) is 0 Å². The number of aliphatic hydroxyl groups excluding tert-OH is 1. The summed E-state index contributed by atoms with van der Waals surface area (Å²) in [4.78, 5) is 43.4. The molecule has 49 heavy (non-hydrogen) atoms. The summed E-state index contributed by atoms with van der Waals surface area (Å²) in [6.45, 7) is 14.9. The molecular weight excluding hydrogens is 614 g/mol. The van der Waals surface area contributed by atoms with Crippen molar-refractivity contribution < 1.29 is 24.2 Å². The number of ether oxygens (including phenoxy) is 1. The highest BCUT2D eigenvalue weighted by Crippen LogP contribution is 2.19. The van der Waals surface area contributed by atoms with Gasteiger partial charge in [-0.2, -0.15) is 0 Å². The van der Waals surface area contributed by atoms with Crippen molar-refractivity contribution in [1.29, 1.82) is 0 Å². The van der Waals surface area contributed by atoms with Crippen LogP contribution in [-0.2, 0) is 19.1 Å². The molecule has 2 N–H and O–H groups in total. The highest BCUT2D eigenvalue weighted by Gasteiger charge is 2.29. The summed E-state index contributed by atoms with van der Waals surface area (Å²) in [5, 5.41) is 12.7. The second-order valence-corrected chi connectivity index (χ2v) is 14.2. The molecule has 0 heterocycles. The lowest BCUT2D eigenvalue weighted by Crippen LogP contribution is -2.50. The Morgan fingerprint density at radius 2 is 1.16 bits per heavy atom. The van der Waals surface area contributed by atoms with Crippen LogP contribution in [0.4, 0.5) is 0 Å². The van der Waals surface area contributed by atoms with Crippen LogP contribution in [0.15, 0.2) is 0 Å². The van der Waals surface area contributed by atoms with Gasteiger partial charge in [0, 0.05) is 39.1 Å². The van der Waals surface area contributed by atoms with Gasteiger partial charge in [-0.3, -0.25) is 14.4 Å². The normalized spacial score (nSPS) is 12.6. The van der Waals surface area contributed by atoms with Crippen LogP contribution < -0.4 is 5.32 Å². The highest BCUT2D eigenvalue weighted by atomic mass is 16.5. The Balaban J connectivity index is 4.82. The number of unbranched alkanes of at least 4 members (excludes halogenated alkanes) is 14. The maximum absolute atomic E-state index is 13.5. The van der Waals surface area contributed by atoms with E-state index in [1.807, 2.05) is 0 Å². The summed E-state index contributed by atoms with van der Waals surface area (Å²) >= 11 is 0. The topological polar surface area (TPSA) is 99.2 Å². The van der Waals surface area contributed by atoms with Crippen LogP contribution in [0.1, 0.15) is 189 Å². The molecule has 0 aromatic carbocycles. The van der Waals surface area contributed by atoms with Gasteiger partial charge in [0.15, 0.2) is 0 Å². The molecule has 0 radical (unpaired) electrons. The Hall–Kier alpha value is -1.67. The van der Waals surface area contributed by atoms with Gasteiger partial charge in [0.05, 0.1) is 6.61 Å². The third-order valence-electron chi connectivity index (χ3n) is 9.94. The number of rotatable bonds is 36. The average molecular weight is 696 g/mol. The van der Waals surface area contributed by atoms with Gasteiger partial charge in [-0.1, -0.05) is 137 Å². The van der Waals surface area contributed by atoms with Crippen molar-refractivity contribution >= 4 is 17.8 Å². The van der Waals surface area contributed by atoms with Crippen LogP contribution in [0.3, 0.4) is 0 Å². The zero-order chi connectivity index (χ0) is 36.4. The minimum atomic E-state index is -0.501. The lowest BCUT2D eigenvalue weighted by Gasteiger charge is -2.32. The zero-order valence-corrected chi connectivity index (χ0v) is 33.0. The van der Waals surface area contributed by atoms with Crippen molar-refractivity contribution in [3.8, 4) is 0 Å². The fourth-order valence-electron chi connectivity index (χ4n) is 6.56. The molecule has 0 aliphatic carbocycles. The second kappa shape index (κ2) is 34.8. The van der Waals surface area contributed by atoms with E-state index in [0.29, 0.717) is 57.8 Å². The van der Waals surface area contributed by atoms with Crippen molar-refractivity contribution in [2.75, 3.05) is 45.9 Å². The Morgan fingerprint density at radius 1 is 0.612 bits per heavy atom. The van der Waals surface area contributed by atoms with Crippen LogP contribution in [0.25, 0.3) is 0 Å². The summed E-state index contributed by atoms with van der Waals surface area (Å²) in [6, 6.07) is -0.501. The Kier molecular flexibility index (Phi) is 33.6. The van der Waals surface area contributed by atoms with Crippen molar-refractivity contribution in [2.24, 2.45) is 5.92 Å². The number of amides is 2. The number of nitrogens with one attached hydrogen (secondary N) is 1. The Labute approximate surface area is 303 Å². The molecule has 2 unspecified atom stereocenters. The van der Waals surface area contributed by atoms with E-state index in [1.54, 1.807) is 4.90 Å². The van der Waals surface area contributed by atoms with E-state index in [-0.39, 0.29) is 24.4 Å². The minimum Gasteiger partial charge on any atom is -0.465 e. The van der Waals surface area contributed by atoms with Crippen LogP contribution in [0.2, 0.25) is 0 Å². The van der Waals surface area contributed by atoms with Crippen molar-refractivity contribution in [3.05, 3.63) is 0 Å². The predicted molar refractivity (Wildman–Crippen MR) is 206 cm³/mol.